The highest BCUT2D eigenvalue weighted by Crippen LogP contribution is 2.23. The number of benzene rings is 2. The van der Waals surface area contributed by atoms with Crippen LogP contribution in [0.1, 0.15) is 23.2 Å². The van der Waals surface area contributed by atoms with Crippen molar-refractivity contribution in [3.05, 3.63) is 54.1 Å². The van der Waals surface area contributed by atoms with Crippen molar-refractivity contribution in [2.45, 2.75) is 12.8 Å². The number of nitrogens with zero attached hydrogens (tertiary/aromatic N) is 1. The summed E-state index contributed by atoms with van der Waals surface area (Å²) in [6, 6.07) is 13.3. The number of carbonyl (C=O) groups is 1. The Bertz CT molecular complexity index is 1160. The summed E-state index contributed by atoms with van der Waals surface area (Å²) in [5.41, 5.74) is 1.51. The fourth-order valence-corrected chi connectivity index (χ4v) is 4.83. The number of hydrogen-bond donors (Lipinski definition) is 2. The number of sulfonamides is 2. The molecule has 33 heavy (non-hydrogen) atoms. The highest BCUT2D eigenvalue weighted by Gasteiger charge is 2.25. The third-order valence-corrected chi connectivity index (χ3v) is 6.48. The summed E-state index contributed by atoms with van der Waals surface area (Å²) in [6.07, 6.45) is 3.70. The largest absolute Gasteiger partial charge is 0.492 e. The zero-order chi connectivity index (χ0) is 24.1. The average Bonchev–Trinajstić information content (AvgIpc) is 2.73. The maximum atomic E-state index is 12.8. The molecule has 3 rings (SSSR count). The van der Waals surface area contributed by atoms with Crippen LogP contribution in [0.3, 0.4) is 0 Å². The van der Waals surface area contributed by atoms with Crippen molar-refractivity contribution in [1.29, 1.82) is 0 Å². The fourth-order valence-electron chi connectivity index (χ4n) is 3.70. The van der Waals surface area contributed by atoms with Gasteiger partial charge in [0.2, 0.25) is 20.0 Å². The van der Waals surface area contributed by atoms with Crippen molar-refractivity contribution in [2.75, 3.05) is 48.2 Å². The van der Waals surface area contributed by atoms with Crippen LogP contribution in [-0.4, -0.2) is 66.3 Å². The van der Waals surface area contributed by atoms with Crippen molar-refractivity contribution in [1.82, 2.24) is 4.90 Å². The predicted molar refractivity (Wildman–Crippen MR) is 129 cm³/mol. The molecule has 2 aromatic carbocycles. The average molecular weight is 496 g/mol. The third kappa shape index (κ3) is 8.34. The molecule has 1 aliphatic rings. The van der Waals surface area contributed by atoms with Gasteiger partial charge in [-0.25, -0.2) is 16.8 Å². The molecule has 11 heteroatoms. The van der Waals surface area contributed by atoms with E-state index >= 15 is 0 Å². The molecule has 1 aliphatic heterocycles. The molecule has 0 radical (unpaired) electrons. The lowest BCUT2D eigenvalue weighted by Crippen LogP contribution is -2.38. The lowest BCUT2D eigenvalue weighted by atomic mass is 9.89. The van der Waals surface area contributed by atoms with Gasteiger partial charge in [0.15, 0.2) is 5.78 Å². The van der Waals surface area contributed by atoms with E-state index < -0.39 is 20.0 Å². The SMILES string of the molecule is CS(=O)(=O)Nc1ccc(OCCN2CCC(C(=O)c3ccc(NS(C)(=O)=O)cc3)CC2)cc1. The normalized spacial score (nSPS) is 15.7. The Balaban J connectivity index is 1.41. The Morgan fingerprint density at radius 2 is 1.36 bits per heavy atom. The smallest absolute Gasteiger partial charge is 0.229 e. The molecule has 0 aliphatic carbocycles. The number of ether oxygens (including phenoxy) is 1. The maximum absolute atomic E-state index is 12.8. The molecule has 180 valence electrons. The van der Waals surface area contributed by atoms with E-state index in [2.05, 4.69) is 14.3 Å². The summed E-state index contributed by atoms with van der Waals surface area (Å²) in [5.74, 6) is 0.693. The van der Waals surface area contributed by atoms with Gasteiger partial charge in [0.1, 0.15) is 12.4 Å². The standard InChI is InChI=1S/C22H29N3O6S2/c1-32(27,28)23-19-5-3-17(4-6-19)22(26)18-11-13-25(14-12-18)15-16-31-21-9-7-20(8-10-21)24-33(2,29)30/h3-10,18,23-24H,11-16H2,1-2H3. The van der Waals surface area contributed by atoms with Crippen LogP contribution in [0.15, 0.2) is 48.5 Å². The van der Waals surface area contributed by atoms with Crippen molar-refractivity contribution in [2.24, 2.45) is 5.92 Å². The Morgan fingerprint density at radius 3 is 1.85 bits per heavy atom. The van der Waals surface area contributed by atoms with Crippen molar-refractivity contribution >= 4 is 37.2 Å². The maximum Gasteiger partial charge on any atom is 0.229 e. The molecule has 0 unspecified atom stereocenters. The summed E-state index contributed by atoms with van der Waals surface area (Å²) in [6.45, 7) is 2.82. The second-order valence-corrected chi connectivity index (χ2v) is 11.7. The first-order chi connectivity index (χ1) is 15.5. The Labute approximate surface area is 195 Å². The highest BCUT2D eigenvalue weighted by molar-refractivity contribution is 7.92. The summed E-state index contributed by atoms with van der Waals surface area (Å²) in [5, 5.41) is 0. The van der Waals surface area contributed by atoms with Gasteiger partial charge >= 0.3 is 0 Å². The minimum Gasteiger partial charge on any atom is -0.492 e. The highest BCUT2D eigenvalue weighted by atomic mass is 32.2. The van der Waals surface area contributed by atoms with Crippen molar-refractivity contribution in [3.8, 4) is 5.75 Å². The molecular formula is C22H29N3O6S2. The second kappa shape index (κ2) is 10.5. The Hall–Kier alpha value is -2.63. The summed E-state index contributed by atoms with van der Waals surface area (Å²) in [4.78, 5) is 15.0. The number of Topliss-reactive ketones (excluding diaryl/α,β-unsaturated/α-hetero) is 1. The van der Waals surface area contributed by atoms with Gasteiger partial charge in [-0.2, -0.15) is 0 Å². The molecule has 2 aromatic rings. The van der Waals surface area contributed by atoms with Crippen LogP contribution in [-0.2, 0) is 20.0 Å². The zero-order valence-corrected chi connectivity index (χ0v) is 20.3. The summed E-state index contributed by atoms with van der Waals surface area (Å²) in [7, 11) is -6.65. The van der Waals surface area contributed by atoms with Gasteiger partial charge in [-0.05, 0) is 74.5 Å². The molecule has 0 saturated carbocycles. The zero-order valence-electron chi connectivity index (χ0n) is 18.7. The number of anilines is 2. The van der Waals surface area contributed by atoms with E-state index in [1.807, 2.05) is 0 Å². The molecule has 0 spiro atoms. The monoisotopic (exact) mass is 495 g/mol. The number of carbonyl (C=O) groups excluding carboxylic acids is 1. The van der Waals surface area contributed by atoms with Gasteiger partial charge in [-0.1, -0.05) is 0 Å². The predicted octanol–water partition coefficient (Wildman–Crippen LogP) is 2.40. The van der Waals surface area contributed by atoms with Crippen LogP contribution in [0.25, 0.3) is 0 Å². The van der Waals surface area contributed by atoms with E-state index in [1.54, 1.807) is 48.5 Å². The van der Waals surface area contributed by atoms with E-state index in [9.17, 15) is 21.6 Å². The molecule has 0 atom stereocenters. The van der Waals surface area contributed by atoms with E-state index in [4.69, 9.17) is 4.74 Å². The van der Waals surface area contributed by atoms with Crippen LogP contribution >= 0.6 is 0 Å². The number of rotatable bonds is 10. The minimum atomic E-state index is -3.35. The van der Waals surface area contributed by atoms with Gasteiger partial charge in [0.25, 0.3) is 0 Å². The number of ketones is 1. The first kappa shape index (κ1) is 25.0. The number of hydrogen-bond acceptors (Lipinski definition) is 7. The molecule has 1 saturated heterocycles. The van der Waals surface area contributed by atoms with Gasteiger partial charge in [-0.3, -0.25) is 19.1 Å². The quantitative estimate of drug-likeness (QED) is 0.485. The first-order valence-electron chi connectivity index (χ1n) is 10.5. The Kier molecular flexibility index (Phi) is 7.98. The van der Waals surface area contributed by atoms with Crippen LogP contribution in [0, 0.1) is 5.92 Å². The fraction of sp³-hybridized carbons (Fsp3) is 0.409. The van der Waals surface area contributed by atoms with Gasteiger partial charge < -0.3 is 4.74 Å². The van der Waals surface area contributed by atoms with Gasteiger partial charge in [0, 0.05) is 29.4 Å². The molecular weight excluding hydrogens is 466 g/mol. The van der Waals surface area contributed by atoms with Crippen molar-refractivity contribution < 1.29 is 26.4 Å². The second-order valence-electron chi connectivity index (χ2n) is 8.18. The van der Waals surface area contributed by atoms with Crippen LogP contribution < -0.4 is 14.2 Å². The van der Waals surface area contributed by atoms with E-state index in [0.29, 0.717) is 29.3 Å². The topological polar surface area (TPSA) is 122 Å². The van der Waals surface area contributed by atoms with E-state index in [1.165, 1.54) is 0 Å². The van der Waals surface area contributed by atoms with Crippen molar-refractivity contribution in [3.63, 3.8) is 0 Å². The lowest BCUT2D eigenvalue weighted by Gasteiger charge is -2.31. The van der Waals surface area contributed by atoms with Crippen LogP contribution in [0.5, 0.6) is 5.75 Å². The molecule has 0 amide bonds. The molecule has 0 aromatic heterocycles. The molecule has 1 heterocycles. The van der Waals surface area contributed by atoms with Gasteiger partial charge in [-0.15, -0.1) is 0 Å². The molecule has 1 fully saturated rings. The Morgan fingerprint density at radius 1 is 0.879 bits per heavy atom. The van der Waals surface area contributed by atoms with Gasteiger partial charge in [0.05, 0.1) is 12.5 Å². The molecule has 0 bridgehead atoms. The number of piperidine rings is 1. The lowest BCUT2D eigenvalue weighted by molar-refractivity contribution is 0.0827. The number of nitrogens with one attached hydrogen (secondary N) is 2. The first-order valence-corrected chi connectivity index (χ1v) is 14.3. The van der Waals surface area contributed by atoms with Crippen LogP contribution in [0.2, 0.25) is 0 Å². The summed E-state index contributed by atoms with van der Waals surface area (Å²) < 4.78 is 55.6. The third-order valence-electron chi connectivity index (χ3n) is 5.26. The molecule has 2 N–H and O–H groups in total. The van der Waals surface area contributed by atoms with E-state index in [0.717, 1.165) is 45.0 Å². The van der Waals surface area contributed by atoms with E-state index in [-0.39, 0.29) is 11.7 Å². The minimum absolute atomic E-state index is 0.0502. The number of likely N-dealkylation sites (tertiary alicyclic amines) is 1. The summed E-state index contributed by atoms with van der Waals surface area (Å²) >= 11 is 0. The van der Waals surface area contributed by atoms with Crippen LogP contribution in [0.4, 0.5) is 11.4 Å². The molecule has 9 nitrogen and oxygen atoms in total.